The second-order valence-corrected chi connectivity index (χ2v) is 20.5. The summed E-state index contributed by atoms with van der Waals surface area (Å²) in [7, 11) is -4.83. The number of nitro benzene ring substituents is 1. The maximum Gasteiger partial charge on any atom is 0.416 e. The third kappa shape index (κ3) is 8.93. The Kier molecular flexibility index (Phi) is 11.8. The van der Waals surface area contributed by atoms with Gasteiger partial charge in [0.25, 0.3) is 21.6 Å². The fourth-order valence-corrected chi connectivity index (χ4v) is 11.7. The number of piperidine rings is 1. The lowest BCUT2D eigenvalue weighted by Gasteiger charge is -2.56. The number of likely N-dealkylation sites (tertiary alicyclic amines) is 1. The molecule has 14 nitrogen and oxygen atoms in total. The Labute approximate surface area is 395 Å². The number of ether oxygens (including phenoxy) is 2. The van der Waals surface area contributed by atoms with Gasteiger partial charge in [-0.3, -0.25) is 19.8 Å². The molecular formula is C50H49F4N7O7S. The fourth-order valence-electron chi connectivity index (χ4n) is 10.7. The van der Waals surface area contributed by atoms with Gasteiger partial charge in [0, 0.05) is 55.3 Å². The normalized spacial score (nSPS) is 19.5. The van der Waals surface area contributed by atoms with E-state index in [1.54, 1.807) is 12.1 Å². The molecule has 360 valence electrons. The van der Waals surface area contributed by atoms with Gasteiger partial charge in [0.05, 0.1) is 38.6 Å². The summed E-state index contributed by atoms with van der Waals surface area (Å²) < 4.78 is 96.0. The Morgan fingerprint density at radius 2 is 1.77 bits per heavy atom. The number of benzene rings is 4. The van der Waals surface area contributed by atoms with Crippen LogP contribution in [-0.4, -0.2) is 66.4 Å². The van der Waals surface area contributed by atoms with Crippen molar-refractivity contribution in [1.82, 2.24) is 19.6 Å². The lowest BCUT2D eigenvalue weighted by Crippen LogP contribution is -2.54. The minimum absolute atomic E-state index is 0.0405. The minimum atomic E-state index is -4.83. The molecule has 10 rings (SSSR count). The van der Waals surface area contributed by atoms with E-state index >= 15 is 0 Å². The van der Waals surface area contributed by atoms with Crippen molar-refractivity contribution in [3.63, 3.8) is 0 Å². The zero-order valence-electron chi connectivity index (χ0n) is 37.7. The van der Waals surface area contributed by atoms with E-state index in [2.05, 4.69) is 63.2 Å². The van der Waals surface area contributed by atoms with Crippen molar-refractivity contribution in [3.8, 4) is 17.2 Å². The molecular weight excluding hydrogens is 919 g/mol. The number of nitrogens with one attached hydrogen (secondary N) is 3. The quantitative estimate of drug-likeness (QED) is 0.0641. The molecule has 0 radical (unpaired) electrons. The fraction of sp³-hybridized carbons (Fsp3) is 0.360. The average Bonchev–Trinajstić information content (AvgIpc) is 3.96. The molecule has 19 heteroatoms. The number of aromatic nitrogens is 2. The van der Waals surface area contributed by atoms with E-state index in [0.29, 0.717) is 23.6 Å². The Hall–Kier alpha value is -6.73. The van der Waals surface area contributed by atoms with Gasteiger partial charge in [-0.25, -0.2) is 22.5 Å². The first-order chi connectivity index (χ1) is 32.9. The molecule has 1 aliphatic carbocycles. The molecule has 3 fully saturated rings. The van der Waals surface area contributed by atoms with E-state index in [0.717, 1.165) is 81.5 Å². The van der Waals surface area contributed by atoms with Crippen molar-refractivity contribution in [2.75, 3.05) is 36.5 Å². The summed E-state index contributed by atoms with van der Waals surface area (Å²) in [4.78, 5) is 36.8. The van der Waals surface area contributed by atoms with Crippen molar-refractivity contribution in [1.29, 1.82) is 0 Å². The van der Waals surface area contributed by atoms with Gasteiger partial charge in [0.15, 0.2) is 11.4 Å². The number of anilines is 2. The van der Waals surface area contributed by atoms with Crippen molar-refractivity contribution in [2.24, 2.45) is 5.41 Å². The Morgan fingerprint density at radius 1 is 1.01 bits per heavy atom. The second kappa shape index (κ2) is 17.7. The number of nitrogens with zero attached hydrogens (tertiary/aromatic N) is 4. The second-order valence-electron chi connectivity index (χ2n) is 18.8. The molecule has 6 aromatic rings. The molecule has 4 aliphatic rings. The van der Waals surface area contributed by atoms with Crippen molar-refractivity contribution in [2.45, 2.75) is 87.5 Å². The van der Waals surface area contributed by atoms with Crippen LogP contribution in [0.2, 0.25) is 0 Å². The summed E-state index contributed by atoms with van der Waals surface area (Å²) in [6.45, 7) is 6.89. The van der Waals surface area contributed by atoms with Crippen LogP contribution in [-0.2, 0) is 16.2 Å². The van der Waals surface area contributed by atoms with Crippen molar-refractivity contribution in [3.05, 3.63) is 141 Å². The first-order valence-electron chi connectivity index (χ1n) is 23.0. The third-order valence-electron chi connectivity index (χ3n) is 14.3. The lowest BCUT2D eigenvalue weighted by molar-refractivity contribution is -0.384. The molecule has 4 aromatic carbocycles. The van der Waals surface area contributed by atoms with E-state index in [9.17, 15) is 40.9 Å². The van der Waals surface area contributed by atoms with Gasteiger partial charge < -0.3 is 24.7 Å². The number of aromatic amines is 1. The smallest absolute Gasteiger partial charge is 0.416 e. The van der Waals surface area contributed by atoms with Crippen LogP contribution >= 0.6 is 0 Å². The van der Waals surface area contributed by atoms with Crippen molar-refractivity contribution >= 4 is 44.0 Å². The van der Waals surface area contributed by atoms with Gasteiger partial charge >= 0.3 is 6.18 Å². The maximum atomic E-state index is 14.7. The predicted molar refractivity (Wildman–Crippen MR) is 250 cm³/mol. The Bertz CT molecular complexity index is 3080. The number of rotatable bonds is 11. The Balaban J connectivity index is 0.868. The first kappa shape index (κ1) is 46.0. The highest BCUT2D eigenvalue weighted by Gasteiger charge is 2.50. The molecule has 2 atom stereocenters. The van der Waals surface area contributed by atoms with Gasteiger partial charge in [-0.2, -0.15) is 13.2 Å². The summed E-state index contributed by atoms with van der Waals surface area (Å²) in [5, 5.41) is 15.4. The van der Waals surface area contributed by atoms with Gasteiger partial charge in [-0.15, -0.1) is 0 Å². The van der Waals surface area contributed by atoms with E-state index in [1.807, 2.05) is 4.72 Å². The van der Waals surface area contributed by atoms with Gasteiger partial charge in [-0.1, -0.05) is 50.2 Å². The number of sulfonamides is 1. The number of hydrogen-bond donors (Lipinski definition) is 3. The summed E-state index contributed by atoms with van der Waals surface area (Å²) >= 11 is 0. The standard InChI is InChI=1S/C50H49F4N7O7S/c1-29(2)36-6-3-4-7-37(36)42-8-5-17-60(42)33-24-49(25-33)15-18-59(19-16-49)32-13-14-38(44(20-32)68-34-21-39-40(51)27-56-47(39)55-26-34)48(62)58-69(65,66)35-22-43(61(63)64)46-45(23-35)67-28-41(57-46)30-9-11-31(12-10-30)50(52,53)54/h3-4,6-7,9-14,20-23,26-27,29,33,41-42,57H,5,8,15-19,24-25,28H2,1-2H3,(H,55,56)(H,58,62)/t41-,42-/m1/s1. The highest BCUT2D eigenvalue weighted by atomic mass is 32.2. The molecule has 2 saturated heterocycles. The molecule has 5 heterocycles. The minimum Gasteiger partial charge on any atom is -0.489 e. The molecule has 1 spiro atoms. The number of alkyl halides is 3. The molecule has 3 aliphatic heterocycles. The summed E-state index contributed by atoms with van der Waals surface area (Å²) in [6.07, 6.45) is 4.48. The summed E-state index contributed by atoms with van der Waals surface area (Å²) in [5.74, 6) is -1.42. The number of hydrogen-bond acceptors (Lipinski definition) is 11. The number of fused-ring (bicyclic) bond motifs is 2. The van der Waals surface area contributed by atoms with Crippen LogP contribution < -0.4 is 24.4 Å². The number of carbonyl (C=O) groups is 1. The van der Waals surface area contributed by atoms with Crippen LogP contribution in [0.15, 0.2) is 102 Å². The van der Waals surface area contributed by atoms with Gasteiger partial charge in [-0.05, 0) is 103 Å². The topological polar surface area (TPSA) is 172 Å². The van der Waals surface area contributed by atoms with E-state index in [4.69, 9.17) is 9.47 Å². The van der Waals surface area contributed by atoms with Crippen LogP contribution in [0, 0.1) is 21.3 Å². The van der Waals surface area contributed by atoms with Crippen LogP contribution in [0.4, 0.5) is 34.6 Å². The van der Waals surface area contributed by atoms with Gasteiger partial charge in [0.2, 0.25) is 0 Å². The van der Waals surface area contributed by atoms with Gasteiger partial charge in [0.1, 0.15) is 29.6 Å². The number of carbonyl (C=O) groups excluding carboxylic acids is 1. The van der Waals surface area contributed by atoms with Crippen molar-refractivity contribution < 1.29 is 45.2 Å². The SMILES string of the molecule is CC(C)c1ccccc1[C@H]1CCCN1C1CC2(CCN(c3ccc(C(=O)NS(=O)(=O)c4cc5c(c([N+](=O)[O-])c4)N[C@@H](c4ccc(C(F)(F)F)cc4)CO5)c(Oc4cnc5[nH]cc(F)c5c4)c3)CC2)C1. The number of halogens is 4. The van der Waals surface area contributed by atoms with E-state index in [1.165, 1.54) is 54.4 Å². The highest BCUT2D eigenvalue weighted by molar-refractivity contribution is 7.90. The van der Waals surface area contributed by atoms with Crippen LogP contribution in [0.25, 0.3) is 11.0 Å². The molecule has 1 amide bonds. The number of pyridine rings is 1. The highest BCUT2D eigenvalue weighted by Crippen LogP contribution is 2.54. The molecule has 1 saturated carbocycles. The lowest BCUT2D eigenvalue weighted by atomic mass is 9.59. The maximum absolute atomic E-state index is 14.7. The van der Waals surface area contributed by atoms with Crippen LogP contribution in [0.1, 0.15) is 103 Å². The predicted octanol–water partition coefficient (Wildman–Crippen LogP) is 10.8. The zero-order valence-corrected chi connectivity index (χ0v) is 38.5. The molecule has 2 aromatic heterocycles. The molecule has 69 heavy (non-hydrogen) atoms. The van der Waals surface area contributed by atoms with Crippen LogP contribution in [0.5, 0.6) is 17.2 Å². The van der Waals surface area contributed by atoms with E-state index in [-0.39, 0.29) is 51.6 Å². The number of H-pyrrole nitrogens is 1. The largest absolute Gasteiger partial charge is 0.489 e. The zero-order chi connectivity index (χ0) is 48.4. The molecule has 0 bridgehead atoms. The van der Waals surface area contributed by atoms with Crippen LogP contribution in [0.3, 0.4) is 0 Å². The monoisotopic (exact) mass is 967 g/mol. The third-order valence-corrected chi connectivity index (χ3v) is 15.6. The number of nitro groups is 1. The molecule has 3 N–H and O–H groups in total. The summed E-state index contributed by atoms with van der Waals surface area (Å²) in [5.41, 5.74) is 2.47. The molecule has 0 unspecified atom stereocenters. The number of amides is 1. The van der Waals surface area contributed by atoms with E-state index < -0.39 is 55.0 Å². The average molecular weight is 968 g/mol. The Morgan fingerprint density at radius 3 is 2.49 bits per heavy atom. The summed E-state index contributed by atoms with van der Waals surface area (Å²) in [6, 6.07) is 21.2. The first-order valence-corrected chi connectivity index (χ1v) is 24.4.